The van der Waals surface area contributed by atoms with E-state index in [-0.39, 0.29) is 18.5 Å². The van der Waals surface area contributed by atoms with Gasteiger partial charge in [0.2, 0.25) is 5.91 Å². The molecule has 2 heterocycles. The van der Waals surface area contributed by atoms with Crippen molar-refractivity contribution >= 4 is 11.9 Å². The SMILES string of the molecule is CCCCNC(=O)N(CCCN1CCOCC1)CC(=O)N(Cc1ccccc1)Cc1ccc(C)o1. The molecular formula is C27H40N4O4. The predicted molar refractivity (Wildman–Crippen MR) is 136 cm³/mol. The van der Waals surface area contributed by atoms with E-state index in [2.05, 4.69) is 17.1 Å². The molecule has 0 saturated carbocycles. The number of urea groups is 1. The minimum absolute atomic E-state index is 0.0353. The molecule has 1 aliphatic heterocycles. The Morgan fingerprint density at radius 3 is 2.46 bits per heavy atom. The zero-order valence-electron chi connectivity index (χ0n) is 21.2. The molecule has 35 heavy (non-hydrogen) atoms. The molecule has 0 spiro atoms. The Kier molecular flexibility index (Phi) is 11.1. The summed E-state index contributed by atoms with van der Waals surface area (Å²) in [5.41, 5.74) is 1.04. The molecule has 1 saturated heterocycles. The van der Waals surface area contributed by atoms with Gasteiger partial charge in [-0.05, 0) is 37.5 Å². The maximum absolute atomic E-state index is 13.5. The lowest BCUT2D eigenvalue weighted by molar-refractivity contribution is -0.133. The molecule has 8 nitrogen and oxygen atoms in total. The second-order valence-electron chi connectivity index (χ2n) is 9.06. The third kappa shape index (κ3) is 9.38. The average molecular weight is 485 g/mol. The Labute approximate surface area is 209 Å². The van der Waals surface area contributed by atoms with Crippen LogP contribution in [0.1, 0.15) is 43.3 Å². The van der Waals surface area contributed by atoms with Gasteiger partial charge in [-0.25, -0.2) is 4.79 Å². The highest BCUT2D eigenvalue weighted by atomic mass is 16.5. The summed E-state index contributed by atoms with van der Waals surface area (Å²) < 4.78 is 11.2. The molecule has 0 unspecified atom stereocenters. The van der Waals surface area contributed by atoms with Crippen molar-refractivity contribution in [3.8, 4) is 0 Å². The molecule has 0 bridgehead atoms. The molecule has 1 aliphatic rings. The second-order valence-corrected chi connectivity index (χ2v) is 9.06. The Morgan fingerprint density at radius 1 is 1.00 bits per heavy atom. The molecule has 3 amide bonds. The van der Waals surface area contributed by atoms with Crippen LogP contribution in [0, 0.1) is 6.92 Å². The fourth-order valence-corrected chi connectivity index (χ4v) is 4.10. The molecule has 0 aliphatic carbocycles. The molecule has 192 valence electrons. The van der Waals surface area contributed by atoms with E-state index < -0.39 is 0 Å². The first-order chi connectivity index (χ1) is 17.0. The minimum Gasteiger partial charge on any atom is -0.464 e. The van der Waals surface area contributed by atoms with Gasteiger partial charge in [0.05, 0.1) is 19.8 Å². The number of nitrogens with one attached hydrogen (secondary N) is 1. The summed E-state index contributed by atoms with van der Waals surface area (Å²) in [6.45, 7) is 10.2. The van der Waals surface area contributed by atoms with Gasteiger partial charge in [0.1, 0.15) is 18.1 Å². The topological polar surface area (TPSA) is 78.3 Å². The number of hydrogen-bond acceptors (Lipinski definition) is 5. The van der Waals surface area contributed by atoms with Crippen LogP contribution in [0.15, 0.2) is 46.9 Å². The van der Waals surface area contributed by atoms with Crippen molar-refractivity contribution in [2.24, 2.45) is 0 Å². The lowest BCUT2D eigenvalue weighted by atomic mass is 10.2. The van der Waals surface area contributed by atoms with Gasteiger partial charge in [0.25, 0.3) is 0 Å². The maximum atomic E-state index is 13.5. The smallest absolute Gasteiger partial charge is 0.317 e. The van der Waals surface area contributed by atoms with Crippen molar-refractivity contribution in [1.82, 2.24) is 20.0 Å². The van der Waals surface area contributed by atoms with Gasteiger partial charge in [0.15, 0.2) is 0 Å². The van der Waals surface area contributed by atoms with E-state index in [4.69, 9.17) is 9.15 Å². The molecule has 1 aromatic carbocycles. The number of carbonyl (C=O) groups excluding carboxylic acids is 2. The van der Waals surface area contributed by atoms with Crippen molar-refractivity contribution in [1.29, 1.82) is 0 Å². The van der Waals surface area contributed by atoms with Crippen LogP contribution in [0.25, 0.3) is 0 Å². The summed E-state index contributed by atoms with van der Waals surface area (Å²) in [5.74, 6) is 1.45. The number of aryl methyl sites for hydroxylation is 1. The number of amides is 3. The fourth-order valence-electron chi connectivity index (χ4n) is 4.10. The van der Waals surface area contributed by atoms with E-state index in [9.17, 15) is 9.59 Å². The van der Waals surface area contributed by atoms with E-state index in [1.54, 1.807) is 9.80 Å². The van der Waals surface area contributed by atoms with E-state index >= 15 is 0 Å². The molecule has 1 N–H and O–H groups in total. The lowest BCUT2D eigenvalue weighted by Gasteiger charge is -2.30. The number of hydrogen-bond donors (Lipinski definition) is 1. The summed E-state index contributed by atoms with van der Waals surface area (Å²) in [6.07, 6.45) is 2.73. The van der Waals surface area contributed by atoms with Crippen LogP contribution in [-0.2, 0) is 22.6 Å². The van der Waals surface area contributed by atoms with Crippen molar-refractivity contribution in [2.75, 3.05) is 52.5 Å². The number of furan rings is 1. The van der Waals surface area contributed by atoms with E-state index in [1.807, 2.05) is 49.4 Å². The molecule has 0 atom stereocenters. The summed E-state index contributed by atoms with van der Waals surface area (Å²) in [7, 11) is 0. The number of unbranched alkanes of at least 4 members (excludes halogenated alkanes) is 1. The first kappa shape index (κ1) is 26.8. The average Bonchev–Trinajstić information content (AvgIpc) is 3.28. The Hall–Kier alpha value is -2.84. The van der Waals surface area contributed by atoms with Crippen LogP contribution in [0.2, 0.25) is 0 Å². The Balaban J connectivity index is 1.66. The van der Waals surface area contributed by atoms with E-state index in [1.165, 1.54) is 0 Å². The van der Waals surface area contributed by atoms with Crippen LogP contribution in [0.4, 0.5) is 4.79 Å². The zero-order valence-corrected chi connectivity index (χ0v) is 21.2. The summed E-state index contributed by atoms with van der Waals surface area (Å²) in [5, 5.41) is 2.98. The van der Waals surface area contributed by atoms with Gasteiger partial charge in [-0.1, -0.05) is 43.7 Å². The third-order valence-corrected chi connectivity index (χ3v) is 6.14. The number of nitrogens with zero attached hydrogens (tertiary/aromatic N) is 3. The van der Waals surface area contributed by atoms with Gasteiger partial charge in [-0.2, -0.15) is 0 Å². The van der Waals surface area contributed by atoms with E-state index in [0.29, 0.717) is 26.2 Å². The minimum atomic E-state index is -0.178. The molecule has 1 fully saturated rings. The van der Waals surface area contributed by atoms with Gasteiger partial charge in [0, 0.05) is 39.3 Å². The van der Waals surface area contributed by atoms with Crippen molar-refractivity contribution in [2.45, 2.75) is 46.2 Å². The number of rotatable bonds is 13. The highest BCUT2D eigenvalue weighted by molar-refractivity contribution is 5.84. The molecular weight excluding hydrogens is 444 g/mol. The molecule has 2 aromatic rings. The summed E-state index contributed by atoms with van der Waals surface area (Å²) in [4.78, 5) is 32.2. The lowest BCUT2D eigenvalue weighted by Crippen LogP contribution is -2.47. The second kappa shape index (κ2) is 14.5. The highest BCUT2D eigenvalue weighted by Gasteiger charge is 2.23. The van der Waals surface area contributed by atoms with Crippen molar-refractivity contribution in [3.63, 3.8) is 0 Å². The monoisotopic (exact) mass is 484 g/mol. The zero-order chi connectivity index (χ0) is 24.9. The van der Waals surface area contributed by atoms with Crippen LogP contribution < -0.4 is 5.32 Å². The largest absolute Gasteiger partial charge is 0.464 e. The van der Waals surface area contributed by atoms with Gasteiger partial charge in [-0.15, -0.1) is 0 Å². The summed E-state index contributed by atoms with van der Waals surface area (Å²) >= 11 is 0. The maximum Gasteiger partial charge on any atom is 0.317 e. The van der Waals surface area contributed by atoms with Gasteiger partial charge < -0.3 is 24.3 Å². The summed E-state index contributed by atoms with van der Waals surface area (Å²) in [6, 6.07) is 13.5. The first-order valence-corrected chi connectivity index (χ1v) is 12.7. The van der Waals surface area contributed by atoms with Crippen molar-refractivity contribution < 1.29 is 18.7 Å². The van der Waals surface area contributed by atoms with Gasteiger partial charge >= 0.3 is 6.03 Å². The third-order valence-electron chi connectivity index (χ3n) is 6.14. The van der Waals surface area contributed by atoms with Gasteiger partial charge in [-0.3, -0.25) is 9.69 Å². The molecule has 1 aromatic heterocycles. The standard InChI is InChI=1S/C27H40N4O4/c1-3-4-13-28-27(33)30(15-8-14-29-16-18-34-19-17-29)22-26(32)31(20-24-9-6-5-7-10-24)21-25-12-11-23(2)35-25/h5-7,9-12H,3-4,8,13-22H2,1-2H3,(H,28,33). The molecule has 0 radical (unpaired) electrons. The van der Waals surface area contributed by atoms with Crippen LogP contribution in [0.3, 0.4) is 0 Å². The number of ether oxygens (including phenoxy) is 1. The Bertz CT molecular complexity index is 896. The van der Waals surface area contributed by atoms with Crippen LogP contribution in [0.5, 0.6) is 0 Å². The fraction of sp³-hybridized carbons (Fsp3) is 0.556. The van der Waals surface area contributed by atoms with E-state index in [0.717, 1.165) is 69.2 Å². The number of carbonyl (C=O) groups is 2. The first-order valence-electron chi connectivity index (χ1n) is 12.7. The Morgan fingerprint density at radius 2 is 1.77 bits per heavy atom. The normalized spacial score (nSPS) is 14.0. The number of morpholine rings is 1. The molecule has 8 heteroatoms. The number of benzene rings is 1. The van der Waals surface area contributed by atoms with Crippen LogP contribution >= 0.6 is 0 Å². The quantitative estimate of drug-likeness (QED) is 0.439. The highest BCUT2D eigenvalue weighted by Crippen LogP contribution is 2.14. The molecule has 3 rings (SSSR count). The van der Waals surface area contributed by atoms with Crippen molar-refractivity contribution in [3.05, 3.63) is 59.5 Å². The van der Waals surface area contributed by atoms with Crippen LogP contribution in [-0.4, -0.2) is 79.1 Å². The predicted octanol–water partition coefficient (Wildman–Crippen LogP) is 3.65.